The van der Waals surface area contributed by atoms with Gasteiger partial charge >= 0.3 is 0 Å². The molecule has 0 spiro atoms. The fourth-order valence-corrected chi connectivity index (χ4v) is 2.84. The lowest BCUT2D eigenvalue weighted by atomic mass is 9.91. The molecule has 1 aromatic carbocycles. The second-order valence-corrected chi connectivity index (χ2v) is 6.01. The smallest absolute Gasteiger partial charge is 0.0736 e. The van der Waals surface area contributed by atoms with Crippen LogP contribution in [0.3, 0.4) is 0 Å². The van der Waals surface area contributed by atoms with E-state index < -0.39 is 0 Å². The maximum absolute atomic E-state index is 4.66. The van der Waals surface area contributed by atoms with Crippen LogP contribution in [-0.4, -0.2) is 16.3 Å². The SMILES string of the molecule is CCCNC(c1ccccc1)C(C(C)C)n1ccc(C)n1. The first-order valence-electron chi connectivity index (χ1n) is 7.93. The number of nitrogens with zero attached hydrogens (tertiary/aromatic N) is 2. The van der Waals surface area contributed by atoms with Gasteiger partial charge in [0.2, 0.25) is 0 Å². The molecule has 2 atom stereocenters. The largest absolute Gasteiger partial charge is 0.308 e. The first-order valence-corrected chi connectivity index (χ1v) is 7.93. The molecule has 0 aliphatic rings. The fourth-order valence-electron chi connectivity index (χ4n) is 2.84. The first kappa shape index (κ1) is 15.8. The Balaban J connectivity index is 2.35. The average Bonchev–Trinajstić information content (AvgIpc) is 2.90. The summed E-state index contributed by atoms with van der Waals surface area (Å²) in [6, 6.07) is 13.4. The van der Waals surface area contributed by atoms with Crippen LogP contribution < -0.4 is 5.32 Å². The van der Waals surface area contributed by atoms with Crippen molar-refractivity contribution in [3.63, 3.8) is 0 Å². The number of aryl methyl sites for hydroxylation is 1. The maximum Gasteiger partial charge on any atom is 0.0736 e. The van der Waals surface area contributed by atoms with Gasteiger partial charge in [0.05, 0.1) is 17.8 Å². The second kappa shape index (κ2) is 7.41. The molecule has 3 nitrogen and oxygen atoms in total. The zero-order chi connectivity index (χ0) is 15.2. The molecule has 0 amide bonds. The average molecular weight is 285 g/mol. The van der Waals surface area contributed by atoms with Crippen molar-refractivity contribution in [2.45, 2.75) is 46.2 Å². The number of nitrogens with one attached hydrogen (secondary N) is 1. The second-order valence-electron chi connectivity index (χ2n) is 6.01. The van der Waals surface area contributed by atoms with E-state index in [-0.39, 0.29) is 6.04 Å². The molecule has 0 radical (unpaired) electrons. The summed E-state index contributed by atoms with van der Waals surface area (Å²) in [4.78, 5) is 0. The van der Waals surface area contributed by atoms with Gasteiger partial charge in [0.15, 0.2) is 0 Å². The molecule has 0 aliphatic heterocycles. The lowest BCUT2D eigenvalue weighted by Crippen LogP contribution is -2.34. The third kappa shape index (κ3) is 3.94. The summed E-state index contributed by atoms with van der Waals surface area (Å²) < 4.78 is 2.13. The highest BCUT2D eigenvalue weighted by atomic mass is 15.3. The highest BCUT2D eigenvalue weighted by Gasteiger charge is 2.27. The number of rotatable bonds is 7. The van der Waals surface area contributed by atoms with Gasteiger partial charge in [-0.25, -0.2) is 0 Å². The predicted molar refractivity (Wildman–Crippen MR) is 88.3 cm³/mol. The Hall–Kier alpha value is -1.61. The van der Waals surface area contributed by atoms with Crippen LogP contribution in [0.1, 0.15) is 50.5 Å². The monoisotopic (exact) mass is 285 g/mol. The molecule has 1 heterocycles. The summed E-state index contributed by atoms with van der Waals surface area (Å²) in [7, 11) is 0. The molecule has 114 valence electrons. The minimum Gasteiger partial charge on any atom is -0.308 e. The number of hydrogen-bond acceptors (Lipinski definition) is 2. The van der Waals surface area contributed by atoms with Crippen molar-refractivity contribution in [2.24, 2.45) is 5.92 Å². The minimum absolute atomic E-state index is 0.283. The van der Waals surface area contributed by atoms with Gasteiger partial charge in [0, 0.05) is 6.20 Å². The molecule has 2 aromatic rings. The van der Waals surface area contributed by atoms with E-state index in [0.29, 0.717) is 12.0 Å². The van der Waals surface area contributed by atoms with Crippen LogP contribution in [0.15, 0.2) is 42.6 Å². The lowest BCUT2D eigenvalue weighted by Gasteiger charge is -2.32. The molecule has 2 rings (SSSR count). The summed E-state index contributed by atoms with van der Waals surface area (Å²) in [6.07, 6.45) is 3.23. The third-order valence-electron chi connectivity index (χ3n) is 3.84. The summed E-state index contributed by atoms with van der Waals surface area (Å²) in [6.45, 7) is 9.81. The number of aromatic nitrogens is 2. The van der Waals surface area contributed by atoms with E-state index in [9.17, 15) is 0 Å². The van der Waals surface area contributed by atoms with Gasteiger partial charge < -0.3 is 5.32 Å². The van der Waals surface area contributed by atoms with Crippen LogP contribution >= 0.6 is 0 Å². The molecule has 0 bridgehead atoms. The fraction of sp³-hybridized carbons (Fsp3) is 0.500. The van der Waals surface area contributed by atoms with E-state index in [4.69, 9.17) is 0 Å². The Morgan fingerprint density at radius 1 is 1.14 bits per heavy atom. The van der Waals surface area contributed by atoms with Gasteiger partial charge in [-0.2, -0.15) is 5.10 Å². The van der Waals surface area contributed by atoms with Gasteiger partial charge in [-0.15, -0.1) is 0 Å². The van der Waals surface area contributed by atoms with Crippen molar-refractivity contribution in [1.29, 1.82) is 0 Å². The van der Waals surface area contributed by atoms with Crippen LogP contribution in [0, 0.1) is 12.8 Å². The summed E-state index contributed by atoms with van der Waals surface area (Å²) in [5.74, 6) is 0.499. The minimum atomic E-state index is 0.283. The molecule has 0 saturated heterocycles. The van der Waals surface area contributed by atoms with Gasteiger partial charge in [-0.3, -0.25) is 4.68 Å². The van der Waals surface area contributed by atoms with Gasteiger partial charge in [0.25, 0.3) is 0 Å². The van der Waals surface area contributed by atoms with Crippen molar-refractivity contribution in [1.82, 2.24) is 15.1 Å². The molecule has 3 heteroatoms. The van der Waals surface area contributed by atoms with Gasteiger partial charge in [0.1, 0.15) is 0 Å². The molecule has 2 unspecified atom stereocenters. The van der Waals surface area contributed by atoms with E-state index in [1.54, 1.807) is 0 Å². The number of benzene rings is 1. The van der Waals surface area contributed by atoms with Crippen LogP contribution in [0.2, 0.25) is 0 Å². The van der Waals surface area contributed by atoms with Crippen molar-refractivity contribution in [3.05, 3.63) is 53.9 Å². The number of hydrogen-bond donors (Lipinski definition) is 1. The first-order chi connectivity index (χ1) is 10.1. The molecule has 0 saturated carbocycles. The molecule has 1 aromatic heterocycles. The topological polar surface area (TPSA) is 29.9 Å². The van der Waals surface area contributed by atoms with Crippen molar-refractivity contribution in [2.75, 3.05) is 6.54 Å². The zero-order valence-corrected chi connectivity index (χ0v) is 13.6. The maximum atomic E-state index is 4.66. The summed E-state index contributed by atoms with van der Waals surface area (Å²) in [5, 5.41) is 8.38. The Labute approximate surface area is 128 Å². The lowest BCUT2D eigenvalue weighted by molar-refractivity contribution is 0.258. The van der Waals surface area contributed by atoms with Crippen molar-refractivity contribution >= 4 is 0 Å². The molecule has 21 heavy (non-hydrogen) atoms. The van der Waals surface area contributed by atoms with Crippen molar-refractivity contribution in [3.8, 4) is 0 Å². The zero-order valence-electron chi connectivity index (χ0n) is 13.6. The highest BCUT2D eigenvalue weighted by Crippen LogP contribution is 2.32. The molecule has 0 fully saturated rings. The molecule has 0 aliphatic carbocycles. The Bertz CT molecular complexity index is 530. The van der Waals surface area contributed by atoms with E-state index in [1.807, 2.05) is 6.92 Å². The third-order valence-corrected chi connectivity index (χ3v) is 3.84. The Morgan fingerprint density at radius 2 is 1.86 bits per heavy atom. The van der Waals surface area contributed by atoms with Crippen LogP contribution in [-0.2, 0) is 0 Å². The van der Waals surface area contributed by atoms with E-state index in [0.717, 1.165) is 18.7 Å². The van der Waals surface area contributed by atoms with Crippen LogP contribution in [0.4, 0.5) is 0 Å². The van der Waals surface area contributed by atoms with Gasteiger partial charge in [-0.1, -0.05) is 51.1 Å². The molecular formula is C18H27N3. The van der Waals surface area contributed by atoms with Crippen LogP contribution in [0.25, 0.3) is 0 Å². The Morgan fingerprint density at radius 3 is 2.38 bits per heavy atom. The van der Waals surface area contributed by atoms with Crippen molar-refractivity contribution < 1.29 is 0 Å². The summed E-state index contributed by atoms with van der Waals surface area (Å²) >= 11 is 0. The predicted octanol–water partition coefficient (Wildman–Crippen LogP) is 4.13. The highest BCUT2D eigenvalue weighted by molar-refractivity contribution is 5.20. The molecule has 1 N–H and O–H groups in total. The quantitative estimate of drug-likeness (QED) is 0.829. The van der Waals surface area contributed by atoms with Gasteiger partial charge in [-0.05, 0) is 37.4 Å². The standard InChI is InChI=1S/C18H27N3/c1-5-12-19-17(16-9-7-6-8-10-16)18(14(2)3)21-13-11-15(4)20-21/h6-11,13-14,17-19H,5,12H2,1-4H3. The normalized spacial score (nSPS) is 14.3. The summed E-state index contributed by atoms with van der Waals surface area (Å²) in [5.41, 5.74) is 2.40. The van der Waals surface area contributed by atoms with Crippen LogP contribution in [0.5, 0.6) is 0 Å². The van der Waals surface area contributed by atoms with E-state index >= 15 is 0 Å². The molecular weight excluding hydrogens is 258 g/mol. The Kier molecular flexibility index (Phi) is 5.57. The van der Waals surface area contributed by atoms with E-state index in [1.165, 1.54) is 5.56 Å². The van der Waals surface area contributed by atoms with E-state index in [2.05, 4.69) is 78.5 Å².